The third-order valence-corrected chi connectivity index (χ3v) is 2.52. The largest absolute Gasteiger partial charge is 0.416 e. The van der Waals surface area contributed by atoms with Gasteiger partial charge in [0.05, 0.1) is 23.4 Å². The number of nitriles is 1. The fourth-order valence-corrected chi connectivity index (χ4v) is 1.46. The molecule has 0 aliphatic heterocycles. The van der Waals surface area contributed by atoms with Crippen molar-refractivity contribution in [3.05, 3.63) is 29.3 Å². The van der Waals surface area contributed by atoms with Crippen LogP contribution in [0.1, 0.15) is 31.9 Å². The smallest absolute Gasteiger partial charge is 0.324 e. The quantitative estimate of drug-likeness (QED) is 0.902. The Morgan fingerprint density at radius 3 is 2.38 bits per heavy atom. The van der Waals surface area contributed by atoms with Crippen LogP contribution in [0.2, 0.25) is 0 Å². The van der Waals surface area contributed by atoms with Gasteiger partial charge in [-0.05, 0) is 39.0 Å². The molecule has 21 heavy (non-hydrogen) atoms. The average Bonchev–Trinajstić information content (AvgIpc) is 2.34. The number of nitrogens with one attached hydrogen (secondary N) is 2. The third-order valence-electron chi connectivity index (χ3n) is 2.52. The number of anilines is 1. The van der Waals surface area contributed by atoms with Crippen molar-refractivity contribution in [1.29, 1.82) is 5.26 Å². The van der Waals surface area contributed by atoms with E-state index in [0.717, 1.165) is 12.1 Å². The second-order valence-electron chi connectivity index (χ2n) is 5.52. The first-order chi connectivity index (χ1) is 9.53. The van der Waals surface area contributed by atoms with E-state index in [4.69, 9.17) is 5.26 Å². The van der Waals surface area contributed by atoms with Crippen molar-refractivity contribution < 1.29 is 18.0 Å². The zero-order chi connectivity index (χ0) is 16.3. The second-order valence-corrected chi connectivity index (χ2v) is 5.52. The maximum absolute atomic E-state index is 12.5. The lowest BCUT2D eigenvalue weighted by Crippen LogP contribution is -2.41. The van der Waals surface area contributed by atoms with Crippen molar-refractivity contribution >= 4 is 11.6 Å². The molecule has 2 N–H and O–H groups in total. The highest BCUT2D eigenvalue weighted by atomic mass is 19.4. The summed E-state index contributed by atoms with van der Waals surface area (Å²) in [5.41, 5.74) is -1.36. The van der Waals surface area contributed by atoms with E-state index in [1.54, 1.807) is 6.07 Å². The monoisotopic (exact) mass is 299 g/mol. The average molecular weight is 299 g/mol. The zero-order valence-corrected chi connectivity index (χ0v) is 11.9. The summed E-state index contributed by atoms with van der Waals surface area (Å²) in [6, 6.07) is 4.27. The summed E-state index contributed by atoms with van der Waals surface area (Å²) in [5, 5.41) is 14.3. The van der Waals surface area contributed by atoms with Gasteiger partial charge in [0.1, 0.15) is 6.07 Å². The molecule has 0 radical (unpaired) electrons. The van der Waals surface area contributed by atoms with Crippen molar-refractivity contribution in [1.82, 2.24) is 5.32 Å². The Bertz CT molecular complexity index is 568. The maximum atomic E-state index is 12.5. The molecular weight excluding hydrogens is 283 g/mol. The van der Waals surface area contributed by atoms with Gasteiger partial charge >= 0.3 is 6.18 Å². The van der Waals surface area contributed by atoms with Gasteiger partial charge in [-0.1, -0.05) is 0 Å². The van der Waals surface area contributed by atoms with E-state index in [-0.39, 0.29) is 23.3 Å². The fourth-order valence-electron chi connectivity index (χ4n) is 1.46. The summed E-state index contributed by atoms with van der Waals surface area (Å²) in [4.78, 5) is 11.7. The van der Waals surface area contributed by atoms with Gasteiger partial charge in [-0.25, -0.2) is 0 Å². The number of halogens is 3. The Balaban J connectivity index is 2.85. The molecule has 0 aliphatic carbocycles. The predicted octanol–water partition coefficient (Wildman–Crippen LogP) is 2.90. The molecule has 1 aromatic rings. The number of hydrogen-bond donors (Lipinski definition) is 2. The third kappa shape index (κ3) is 5.44. The molecule has 1 rings (SSSR count). The number of carbonyl (C=O) groups is 1. The van der Waals surface area contributed by atoms with Crippen molar-refractivity contribution in [2.24, 2.45) is 0 Å². The highest BCUT2D eigenvalue weighted by Crippen LogP contribution is 2.31. The van der Waals surface area contributed by atoms with Gasteiger partial charge < -0.3 is 10.6 Å². The summed E-state index contributed by atoms with van der Waals surface area (Å²) >= 11 is 0. The maximum Gasteiger partial charge on any atom is 0.416 e. The molecule has 4 nitrogen and oxygen atoms in total. The van der Waals surface area contributed by atoms with Crippen molar-refractivity contribution in [3.63, 3.8) is 0 Å². The van der Waals surface area contributed by atoms with Crippen molar-refractivity contribution in [2.45, 2.75) is 32.5 Å². The van der Waals surface area contributed by atoms with E-state index in [2.05, 4.69) is 10.6 Å². The van der Waals surface area contributed by atoms with Gasteiger partial charge in [0.15, 0.2) is 0 Å². The summed E-state index contributed by atoms with van der Waals surface area (Å²) in [7, 11) is 0. The van der Waals surface area contributed by atoms with E-state index < -0.39 is 17.6 Å². The SMILES string of the molecule is CC(C)(C)NCC(=O)Nc1ccc(C(F)(F)F)cc1C#N. The van der Waals surface area contributed by atoms with Crippen molar-refractivity contribution in [3.8, 4) is 6.07 Å². The van der Waals surface area contributed by atoms with E-state index in [9.17, 15) is 18.0 Å². The number of nitrogens with zero attached hydrogens (tertiary/aromatic N) is 1. The van der Waals surface area contributed by atoms with Crippen LogP contribution >= 0.6 is 0 Å². The first-order valence-corrected chi connectivity index (χ1v) is 6.19. The molecule has 0 aromatic heterocycles. The molecule has 1 amide bonds. The predicted molar refractivity (Wildman–Crippen MR) is 72.5 cm³/mol. The number of carbonyl (C=O) groups excluding carboxylic acids is 1. The normalized spacial score (nSPS) is 11.9. The highest BCUT2D eigenvalue weighted by Gasteiger charge is 2.31. The van der Waals surface area contributed by atoms with E-state index in [0.29, 0.717) is 6.07 Å². The Labute approximate surface area is 121 Å². The summed E-state index contributed by atoms with van der Waals surface area (Å²) in [5.74, 6) is -0.429. The van der Waals surface area contributed by atoms with Crippen LogP contribution in [0.5, 0.6) is 0 Å². The van der Waals surface area contributed by atoms with Gasteiger partial charge in [-0.15, -0.1) is 0 Å². The molecule has 0 bridgehead atoms. The summed E-state index contributed by atoms with van der Waals surface area (Å²) < 4.78 is 37.6. The summed E-state index contributed by atoms with van der Waals surface area (Å²) in [6.45, 7) is 5.62. The van der Waals surface area contributed by atoms with Crippen LogP contribution in [0.3, 0.4) is 0 Å². The Morgan fingerprint density at radius 2 is 1.90 bits per heavy atom. The molecule has 0 aliphatic rings. The molecule has 0 saturated heterocycles. The minimum Gasteiger partial charge on any atom is -0.324 e. The van der Waals surface area contributed by atoms with Gasteiger partial charge in [0, 0.05) is 5.54 Å². The van der Waals surface area contributed by atoms with Crippen LogP contribution in [0.4, 0.5) is 18.9 Å². The van der Waals surface area contributed by atoms with Gasteiger partial charge in [0.2, 0.25) is 5.91 Å². The van der Waals surface area contributed by atoms with E-state index in [1.807, 2.05) is 20.8 Å². The van der Waals surface area contributed by atoms with Crippen LogP contribution in [-0.2, 0) is 11.0 Å². The number of amides is 1. The van der Waals surface area contributed by atoms with E-state index in [1.165, 1.54) is 0 Å². The lowest BCUT2D eigenvalue weighted by Gasteiger charge is -2.20. The minimum atomic E-state index is -4.53. The minimum absolute atomic E-state index is 0.00457. The molecule has 0 saturated carbocycles. The number of hydrogen-bond acceptors (Lipinski definition) is 3. The Morgan fingerprint density at radius 1 is 1.29 bits per heavy atom. The second kappa shape index (κ2) is 6.14. The van der Waals surface area contributed by atoms with Crippen LogP contribution in [0, 0.1) is 11.3 Å². The molecule has 114 valence electrons. The molecule has 0 spiro atoms. The lowest BCUT2D eigenvalue weighted by molar-refractivity contribution is -0.137. The van der Waals surface area contributed by atoms with Crippen LogP contribution in [-0.4, -0.2) is 18.0 Å². The Hall–Kier alpha value is -2.07. The molecule has 0 fully saturated rings. The molecule has 0 unspecified atom stereocenters. The van der Waals surface area contributed by atoms with Gasteiger partial charge in [-0.3, -0.25) is 4.79 Å². The standard InChI is InChI=1S/C14H16F3N3O/c1-13(2,3)19-8-12(21)20-11-5-4-10(14(15,16)17)6-9(11)7-18/h4-6,19H,8H2,1-3H3,(H,20,21). The zero-order valence-electron chi connectivity index (χ0n) is 11.9. The highest BCUT2D eigenvalue weighted by molar-refractivity contribution is 5.93. The first kappa shape index (κ1) is 17.0. The first-order valence-electron chi connectivity index (χ1n) is 6.19. The number of rotatable bonds is 3. The van der Waals surface area contributed by atoms with Gasteiger partial charge in [0.25, 0.3) is 0 Å². The molecular formula is C14H16F3N3O. The molecule has 7 heteroatoms. The van der Waals surface area contributed by atoms with Crippen LogP contribution < -0.4 is 10.6 Å². The number of alkyl halides is 3. The molecule has 0 heterocycles. The van der Waals surface area contributed by atoms with E-state index >= 15 is 0 Å². The van der Waals surface area contributed by atoms with Crippen molar-refractivity contribution in [2.75, 3.05) is 11.9 Å². The number of benzene rings is 1. The van der Waals surface area contributed by atoms with Gasteiger partial charge in [-0.2, -0.15) is 18.4 Å². The van der Waals surface area contributed by atoms with Crippen LogP contribution in [0.15, 0.2) is 18.2 Å². The molecule has 1 aromatic carbocycles. The Kier molecular flexibility index (Phi) is 4.97. The fraction of sp³-hybridized carbons (Fsp3) is 0.429. The lowest BCUT2D eigenvalue weighted by atomic mass is 10.1. The van der Waals surface area contributed by atoms with Crippen LogP contribution in [0.25, 0.3) is 0 Å². The summed E-state index contributed by atoms with van der Waals surface area (Å²) in [6.07, 6.45) is -4.53. The topological polar surface area (TPSA) is 64.9 Å². The molecule has 0 atom stereocenters.